The van der Waals surface area contributed by atoms with Crippen LogP contribution in [0.5, 0.6) is 0 Å². The fraction of sp³-hybridized carbons (Fsp3) is 0.316. The summed E-state index contributed by atoms with van der Waals surface area (Å²) in [6.45, 7) is 3.99. The summed E-state index contributed by atoms with van der Waals surface area (Å²) in [4.78, 5) is 38.9. The average Bonchev–Trinajstić information content (AvgIpc) is 2.95. The molecule has 0 spiro atoms. The Kier molecular flexibility index (Phi) is 7.14. The molecule has 0 atom stereocenters. The van der Waals surface area contributed by atoms with Gasteiger partial charge in [-0.25, -0.2) is 9.59 Å². The summed E-state index contributed by atoms with van der Waals surface area (Å²) in [5.41, 5.74) is -0.907. The number of aromatic nitrogens is 1. The standard InChI is InChI=1S/C19H18ClF3N2O5/c1-4-29-17(27)15-9(2)16(24-10(15)3)18(28)30-8-14(26)25-13-6-5-11(20)7-12(13)19(21,22)23/h5-7,24H,4,8H2,1-3H3,(H,25,26). The number of halogens is 4. The zero-order chi connectivity index (χ0) is 22.6. The summed E-state index contributed by atoms with van der Waals surface area (Å²) in [6.07, 6.45) is -4.74. The zero-order valence-electron chi connectivity index (χ0n) is 16.2. The third-order valence-corrected chi connectivity index (χ3v) is 4.25. The van der Waals surface area contributed by atoms with Crippen molar-refractivity contribution >= 4 is 35.1 Å². The molecular formula is C19H18ClF3N2O5. The van der Waals surface area contributed by atoms with Crippen LogP contribution in [0.25, 0.3) is 0 Å². The minimum Gasteiger partial charge on any atom is -0.462 e. The monoisotopic (exact) mass is 446 g/mol. The van der Waals surface area contributed by atoms with E-state index in [1.165, 1.54) is 13.0 Å². The van der Waals surface area contributed by atoms with E-state index in [0.29, 0.717) is 11.8 Å². The first kappa shape index (κ1) is 23.3. The highest BCUT2D eigenvalue weighted by atomic mass is 35.5. The number of hydrogen-bond acceptors (Lipinski definition) is 5. The van der Waals surface area contributed by atoms with Crippen molar-refractivity contribution in [1.82, 2.24) is 4.98 Å². The number of aromatic amines is 1. The van der Waals surface area contributed by atoms with Gasteiger partial charge >= 0.3 is 18.1 Å². The molecular weight excluding hydrogens is 429 g/mol. The molecule has 0 saturated carbocycles. The molecule has 1 amide bonds. The minimum atomic E-state index is -4.74. The van der Waals surface area contributed by atoms with E-state index in [-0.39, 0.29) is 28.5 Å². The summed E-state index contributed by atoms with van der Waals surface area (Å²) in [7, 11) is 0. The lowest BCUT2D eigenvalue weighted by Gasteiger charge is -2.14. The van der Waals surface area contributed by atoms with Crippen LogP contribution in [0.3, 0.4) is 0 Å². The van der Waals surface area contributed by atoms with Gasteiger partial charge < -0.3 is 19.8 Å². The van der Waals surface area contributed by atoms with E-state index in [1.807, 2.05) is 5.32 Å². The van der Waals surface area contributed by atoms with Gasteiger partial charge in [0.25, 0.3) is 5.91 Å². The van der Waals surface area contributed by atoms with Gasteiger partial charge in [0, 0.05) is 10.7 Å². The molecule has 30 heavy (non-hydrogen) atoms. The number of benzene rings is 1. The number of ether oxygens (including phenoxy) is 2. The molecule has 0 unspecified atom stereocenters. The summed E-state index contributed by atoms with van der Waals surface area (Å²) < 4.78 is 49.0. The molecule has 0 radical (unpaired) electrons. The summed E-state index contributed by atoms with van der Waals surface area (Å²) >= 11 is 5.58. The average molecular weight is 447 g/mol. The van der Waals surface area contributed by atoms with Crippen molar-refractivity contribution in [2.45, 2.75) is 26.9 Å². The molecule has 0 aliphatic carbocycles. The fourth-order valence-electron chi connectivity index (χ4n) is 2.71. The van der Waals surface area contributed by atoms with E-state index in [1.54, 1.807) is 13.8 Å². The molecule has 0 bridgehead atoms. The Labute approximate surface area is 174 Å². The molecule has 1 heterocycles. The van der Waals surface area contributed by atoms with Gasteiger partial charge in [-0.15, -0.1) is 0 Å². The van der Waals surface area contributed by atoms with Crippen molar-refractivity contribution < 1.29 is 37.0 Å². The molecule has 1 aromatic carbocycles. The Morgan fingerprint density at radius 3 is 2.40 bits per heavy atom. The van der Waals surface area contributed by atoms with Gasteiger partial charge in [0.05, 0.1) is 23.4 Å². The Bertz CT molecular complexity index is 985. The third-order valence-electron chi connectivity index (χ3n) is 4.02. The Morgan fingerprint density at radius 1 is 1.13 bits per heavy atom. The van der Waals surface area contributed by atoms with E-state index in [4.69, 9.17) is 21.1 Å². The van der Waals surface area contributed by atoms with Crippen LogP contribution in [0, 0.1) is 13.8 Å². The second-order valence-electron chi connectivity index (χ2n) is 6.16. The first-order valence-electron chi connectivity index (χ1n) is 8.65. The lowest BCUT2D eigenvalue weighted by Crippen LogP contribution is -2.23. The first-order chi connectivity index (χ1) is 14.0. The summed E-state index contributed by atoms with van der Waals surface area (Å²) in [6, 6.07) is 2.85. The number of amides is 1. The van der Waals surface area contributed by atoms with E-state index < -0.39 is 41.9 Å². The van der Waals surface area contributed by atoms with Crippen LogP contribution < -0.4 is 5.32 Å². The van der Waals surface area contributed by atoms with Crippen LogP contribution in [-0.4, -0.2) is 36.0 Å². The van der Waals surface area contributed by atoms with Gasteiger partial charge in [-0.05, 0) is 44.5 Å². The van der Waals surface area contributed by atoms with Crippen LogP contribution in [0.15, 0.2) is 18.2 Å². The van der Waals surface area contributed by atoms with Gasteiger partial charge in [-0.2, -0.15) is 13.2 Å². The molecule has 7 nitrogen and oxygen atoms in total. The fourth-order valence-corrected chi connectivity index (χ4v) is 2.89. The van der Waals surface area contributed by atoms with Gasteiger partial charge in [0.15, 0.2) is 6.61 Å². The normalized spacial score (nSPS) is 11.2. The molecule has 0 fully saturated rings. The van der Waals surface area contributed by atoms with Crippen LogP contribution >= 0.6 is 11.6 Å². The lowest BCUT2D eigenvalue weighted by atomic mass is 10.1. The topological polar surface area (TPSA) is 97.5 Å². The van der Waals surface area contributed by atoms with E-state index in [2.05, 4.69) is 4.98 Å². The Balaban J connectivity index is 2.09. The quantitative estimate of drug-likeness (QED) is 0.646. The summed E-state index contributed by atoms with van der Waals surface area (Å²) in [5.74, 6) is -2.56. The summed E-state index contributed by atoms with van der Waals surface area (Å²) in [5, 5.41) is 1.89. The van der Waals surface area contributed by atoms with Gasteiger partial charge in [-0.3, -0.25) is 4.79 Å². The predicted octanol–water partition coefficient (Wildman–Crippen LogP) is 4.28. The van der Waals surface area contributed by atoms with Crippen molar-refractivity contribution in [1.29, 1.82) is 0 Å². The SMILES string of the molecule is CCOC(=O)c1c(C)[nH]c(C(=O)OCC(=O)Nc2ccc(Cl)cc2C(F)(F)F)c1C. The minimum absolute atomic E-state index is 0.0640. The van der Waals surface area contributed by atoms with Crippen LogP contribution in [-0.2, 0) is 20.4 Å². The van der Waals surface area contributed by atoms with Gasteiger partial charge in [0.2, 0.25) is 0 Å². The lowest BCUT2D eigenvalue weighted by molar-refractivity contribution is -0.137. The maximum absolute atomic E-state index is 13.1. The molecule has 2 N–H and O–H groups in total. The zero-order valence-corrected chi connectivity index (χ0v) is 17.0. The van der Waals surface area contributed by atoms with Gasteiger partial charge in [-0.1, -0.05) is 11.6 Å². The highest BCUT2D eigenvalue weighted by molar-refractivity contribution is 6.30. The number of carbonyl (C=O) groups excluding carboxylic acids is 3. The van der Waals surface area contributed by atoms with Crippen LogP contribution in [0.1, 0.15) is 44.6 Å². The number of alkyl halides is 3. The van der Waals surface area contributed by atoms with Crippen molar-refractivity contribution in [3.8, 4) is 0 Å². The number of nitrogens with one attached hydrogen (secondary N) is 2. The third kappa shape index (κ3) is 5.32. The van der Waals surface area contributed by atoms with Gasteiger partial charge in [0.1, 0.15) is 5.69 Å². The van der Waals surface area contributed by atoms with E-state index in [0.717, 1.165) is 6.07 Å². The Hall–Kier alpha value is -3.01. The number of aryl methyl sites for hydroxylation is 1. The molecule has 11 heteroatoms. The predicted molar refractivity (Wildman–Crippen MR) is 102 cm³/mol. The van der Waals surface area contributed by atoms with Crippen molar-refractivity contribution in [2.24, 2.45) is 0 Å². The molecule has 0 aliphatic heterocycles. The molecule has 1 aromatic heterocycles. The number of rotatable bonds is 6. The highest BCUT2D eigenvalue weighted by Gasteiger charge is 2.34. The smallest absolute Gasteiger partial charge is 0.418 e. The number of esters is 2. The second-order valence-corrected chi connectivity index (χ2v) is 6.59. The van der Waals surface area contributed by atoms with Crippen molar-refractivity contribution in [3.63, 3.8) is 0 Å². The molecule has 162 valence electrons. The van der Waals surface area contributed by atoms with Crippen molar-refractivity contribution in [3.05, 3.63) is 51.3 Å². The van der Waals surface area contributed by atoms with Crippen LogP contribution in [0.2, 0.25) is 5.02 Å². The van der Waals surface area contributed by atoms with Crippen LogP contribution in [0.4, 0.5) is 18.9 Å². The number of hydrogen-bond donors (Lipinski definition) is 2. The second kappa shape index (κ2) is 9.21. The maximum Gasteiger partial charge on any atom is 0.418 e. The van der Waals surface area contributed by atoms with E-state index in [9.17, 15) is 27.6 Å². The highest BCUT2D eigenvalue weighted by Crippen LogP contribution is 2.36. The number of H-pyrrole nitrogens is 1. The molecule has 0 aliphatic rings. The molecule has 2 rings (SSSR count). The first-order valence-corrected chi connectivity index (χ1v) is 9.03. The molecule has 2 aromatic rings. The van der Waals surface area contributed by atoms with E-state index >= 15 is 0 Å². The largest absolute Gasteiger partial charge is 0.462 e. The van der Waals surface area contributed by atoms with Crippen molar-refractivity contribution in [2.75, 3.05) is 18.5 Å². The maximum atomic E-state index is 13.1. The number of anilines is 1. The molecule has 0 saturated heterocycles. The Morgan fingerprint density at radius 2 is 1.80 bits per heavy atom. The number of carbonyl (C=O) groups is 3.